The highest BCUT2D eigenvalue weighted by Crippen LogP contribution is 2.46. The molecule has 3 heteroatoms. The van der Waals surface area contributed by atoms with Gasteiger partial charge < -0.3 is 9.64 Å². The Morgan fingerprint density at radius 3 is 2.61 bits per heavy atom. The van der Waals surface area contributed by atoms with E-state index in [-0.39, 0.29) is 5.41 Å². The molecule has 3 nitrogen and oxygen atoms in total. The van der Waals surface area contributed by atoms with Gasteiger partial charge in [0, 0.05) is 18.5 Å². The first kappa shape index (κ1) is 12.5. The van der Waals surface area contributed by atoms with Gasteiger partial charge in [0.1, 0.15) is 0 Å². The summed E-state index contributed by atoms with van der Waals surface area (Å²) in [6.07, 6.45) is 9.13. The minimum Gasteiger partial charge on any atom is -0.374 e. The van der Waals surface area contributed by atoms with Crippen LogP contribution in [0.2, 0.25) is 0 Å². The molecule has 1 unspecified atom stereocenters. The first-order chi connectivity index (χ1) is 8.69. The fourth-order valence-electron chi connectivity index (χ4n) is 3.43. The molecule has 2 saturated carbocycles. The first-order valence-corrected chi connectivity index (χ1v) is 7.60. The van der Waals surface area contributed by atoms with Gasteiger partial charge in [-0.1, -0.05) is 26.2 Å². The summed E-state index contributed by atoms with van der Waals surface area (Å²) in [7, 11) is 0. The van der Waals surface area contributed by atoms with Gasteiger partial charge >= 0.3 is 0 Å². The smallest absolute Gasteiger partial charge is 0.228 e. The van der Waals surface area contributed by atoms with Gasteiger partial charge in [0.25, 0.3) is 0 Å². The summed E-state index contributed by atoms with van der Waals surface area (Å²) in [6, 6.07) is 0. The molecular weight excluding hydrogens is 226 g/mol. The number of morpholine rings is 1. The zero-order valence-electron chi connectivity index (χ0n) is 11.5. The van der Waals surface area contributed by atoms with Crippen LogP contribution in [0.15, 0.2) is 0 Å². The third-order valence-electron chi connectivity index (χ3n) is 5.07. The van der Waals surface area contributed by atoms with E-state index < -0.39 is 0 Å². The molecule has 18 heavy (non-hydrogen) atoms. The van der Waals surface area contributed by atoms with Crippen molar-refractivity contribution < 1.29 is 9.53 Å². The van der Waals surface area contributed by atoms with Crippen LogP contribution in [0.25, 0.3) is 0 Å². The van der Waals surface area contributed by atoms with Crippen LogP contribution in [0, 0.1) is 11.3 Å². The van der Waals surface area contributed by atoms with Crippen LogP contribution < -0.4 is 0 Å². The predicted octanol–water partition coefficient (Wildman–Crippen LogP) is 2.59. The number of carbonyl (C=O) groups is 1. The molecule has 1 amide bonds. The van der Waals surface area contributed by atoms with Crippen molar-refractivity contribution in [1.29, 1.82) is 0 Å². The van der Waals surface area contributed by atoms with Gasteiger partial charge in [-0.15, -0.1) is 0 Å². The molecule has 2 aliphatic carbocycles. The van der Waals surface area contributed by atoms with E-state index in [4.69, 9.17) is 4.74 Å². The van der Waals surface area contributed by atoms with Crippen LogP contribution >= 0.6 is 0 Å². The lowest BCUT2D eigenvalue weighted by molar-refractivity contribution is -0.146. The molecule has 102 valence electrons. The van der Waals surface area contributed by atoms with Gasteiger partial charge in [0.15, 0.2) is 0 Å². The minimum atomic E-state index is -0.0194. The quantitative estimate of drug-likeness (QED) is 0.755. The number of rotatable bonds is 2. The second-order valence-corrected chi connectivity index (χ2v) is 6.62. The molecule has 1 atom stereocenters. The monoisotopic (exact) mass is 251 g/mol. The number of ether oxygens (including phenoxy) is 1. The topological polar surface area (TPSA) is 29.5 Å². The van der Waals surface area contributed by atoms with Gasteiger partial charge in [0.2, 0.25) is 5.91 Å². The van der Waals surface area contributed by atoms with E-state index in [0.717, 1.165) is 32.5 Å². The molecule has 1 saturated heterocycles. The highest BCUT2D eigenvalue weighted by Gasteiger charge is 2.48. The fourth-order valence-corrected chi connectivity index (χ4v) is 3.43. The molecule has 1 aliphatic heterocycles. The number of hydrogen-bond acceptors (Lipinski definition) is 2. The van der Waals surface area contributed by atoms with E-state index in [1.165, 1.54) is 32.1 Å². The van der Waals surface area contributed by atoms with Gasteiger partial charge in [0.05, 0.1) is 12.7 Å². The Kier molecular flexibility index (Phi) is 3.35. The van der Waals surface area contributed by atoms with Crippen LogP contribution in [-0.2, 0) is 9.53 Å². The van der Waals surface area contributed by atoms with E-state index in [1.54, 1.807) is 0 Å². The molecular formula is C15H25NO2. The molecule has 3 rings (SSSR count). The molecule has 3 fully saturated rings. The lowest BCUT2D eigenvalue weighted by Crippen LogP contribution is -2.50. The Balaban J connectivity index is 1.59. The van der Waals surface area contributed by atoms with Crippen molar-refractivity contribution in [1.82, 2.24) is 4.90 Å². The molecule has 0 spiro atoms. The second-order valence-electron chi connectivity index (χ2n) is 6.62. The summed E-state index contributed by atoms with van der Waals surface area (Å²) in [4.78, 5) is 14.5. The maximum absolute atomic E-state index is 12.4. The fraction of sp³-hybridized carbons (Fsp3) is 0.933. The maximum Gasteiger partial charge on any atom is 0.228 e. The molecule has 0 aromatic carbocycles. The molecule has 0 aromatic rings. The molecule has 1 heterocycles. The van der Waals surface area contributed by atoms with Gasteiger partial charge in [-0.05, 0) is 31.6 Å². The Hall–Kier alpha value is -0.570. The highest BCUT2D eigenvalue weighted by atomic mass is 16.5. The number of amides is 1. The Morgan fingerprint density at radius 2 is 1.94 bits per heavy atom. The zero-order valence-corrected chi connectivity index (χ0v) is 11.5. The Bertz CT molecular complexity index is 318. The molecule has 0 bridgehead atoms. The van der Waals surface area contributed by atoms with Gasteiger partial charge in [-0.3, -0.25) is 4.79 Å². The average molecular weight is 251 g/mol. The highest BCUT2D eigenvalue weighted by molar-refractivity contribution is 5.85. The number of nitrogens with zero attached hydrogens (tertiary/aromatic N) is 1. The predicted molar refractivity (Wildman–Crippen MR) is 70.2 cm³/mol. The van der Waals surface area contributed by atoms with Crippen molar-refractivity contribution in [3.05, 3.63) is 0 Å². The third-order valence-corrected chi connectivity index (χ3v) is 5.07. The maximum atomic E-state index is 12.4. The standard InChI is InChI=1S/C15H25NO2/c1-15(7-8-15)14(17)16-9-10-18-13(11-16)12-5-3-2-4-6-12/h12-13H,2-11H2,1H3. The molecule has 0 radical (unpaired) electrons. The van der Waals surface area contributed by atoms with Crippen molar-refractivity contribution >= 4 is 5.91 Å². The summed E-state index contributed by atoms with van der Waals surface area (Å²) in [5.41, 5.74) is -0.0194. The van der Waals surface area contributed by atoms with Crippen molar-refractivity contribution in [3.63, 3.8) is 0 Å². The summed E-state index contributed by atoms with van der Waals surface area (Å²) in [6.45, 7) is 4.50. The number of hydrogen-bond donors (Lipinski definition) is 0. The minimum absolute atomic E-state index is 0.0194. The summed E-state index contributed by atoms with van der Waals surface area (Å²) >= 11 is 0. The summed E-state index contributed by atoms with van der Waals surface area (Å²) in [5.74, 6) is 1.08. The van der Waals surface area contributed by atoms with Crippen LogP contribution in [0.3, 0.4) is 0 Å². The average Bonchev–Trinajstić information content (AvgIpc) is 3.18. The van der Waals surface area contributed by atoms with E-state index in [1.807, 2.05) is 0 Å². The normalized spacial score (nSPS) is 32.3. The lowest BCUT2D eigenvalue weighted by Gasteiger charge is -2.39. The summed E-state index contributed by atoms with van der Waals surface area (Å²) in [5, 5.41) is 0. The van der Waals surface area contributed by atoms with Gasteiger partial charge in [-0.2, -0.15) is 0 Å². The van der Waals surface area contributed by atoms with Crippen molar-refractivity contribution in [2.45, 2.75) is 58.0 Å². The SMILES string of the molecule is CC1(C(=O)N2CCOC(C3CCCCC3)C2)CC1. The van der Waals surface area contributed by atoms with E-state index >= 15 is 0 Å². The largest absolute Gasteiger partial charge is 0.374 e. The van der Waals surface area contributed by atoms with Crippen LogP contribution in [0.1, 0.15) is 51.9 Å². The number of carbonyl (C=O) groups excluding carboxylic acids is 1. The Morgan fingerprint density at radius 1 is 1.22 bits per heavy atom. The van der Waals surface area contributed by atoms with Crippen molar-refractivity contribution in [3.8, 4) is 0 Å². The van der Waals surface area contributed by atoms with E-state index in [0.29, 0.717) is 17.9 Å². The van der Waals surface area contributed by atoms with Crippen LogP contribution in [0.4, 0.5) is 0 Å². The molecule has 0 N–H and O–H groups in total. The molecule has 0 aromatic heterocycles. The summed E-state index contributed by atoms with van der Waals surface area (Å²) < 4.78 is 5.94. The second kappa shape index (κ2) is 4.84. The lowest BCUT2D eigenvalue weighted by atomic mass is 9.84. The molecule has 3 aliphatic rings. The zero-order chi connectivity index (χ0) is 12.6. The van der Waals surface area contributed by atoms with Gasteiger partial charge in [-0.25, -0.2) is 0 Å². The first-order valence-electron chi connectivity index (χ1n) is 7.60. The van der Waals surface area contributed by atoms with Crippen LogP contribution in [0.5, 0.6) is 0 Å². The van der Waals surface area contributed by atoms with Crippen LogP contribution in [-0.4, -0.2) is 36.6 Å². The van der Waals surface area contributed by atoms with E-state index in [2.05, 4.69) is 11.8 Å². The Labute approximate surface area is 110 Å². The van der Waals surface area contributed by atoms with Crippen molar-refractivity contribution in [2.75, 3.05) is 19.7 Å². The third kappa shape index (κ3) is 2.42. The van der Waals surface area contributed by atoms with E-state index in [9.17, 15) is 4.79 Å². The van der Waals surface area contributed by atoms with Crippen molar-refractivity contribution in [2.24, 2.45) is 11.3 Å².